The summed E-state index contributed by atoms with van der Waals surface area (Å²) >= 11 is 0. The number of aryl methyl sites for hydroxylation is 3. The van der Waals surface area contributed by atoms with Gasteiger partial charge >= 0.3 is 5.69 Å². The second kappa shape index (κ2) is 21.2. The molecule has 2 saturated heterocycles. The molecule has 2 aromatic heterocycles. The first-order chi connectivity index (χ1) is 33.7. The van der Waals surface area contributed by atoms with Crippen LogP contribution in [0, 0.1) is 25.2 Å². The summed E-state index contributed by atoms with van der Waals surface area (Å²) in [7, 11) is 3.19. The maximum Gasteiger partial charge on any atom is 0.351 e. The average Bonchev–Trinajstić information content (AvgIpc) is 3.98. The van der Waals surface area contributed by atoms with Gasteiger partial charge in [0.1, 0.15) is 46.5 Å². The van der Waals surface area contributed by atoms with Crippen LogP contribution < -0.4 is 25.4 Å². The monoisotopic (exact) mass is 969 g/mol. The van der Waals surface area contributed by atoms with Crippen molar-refractivity contribution in [3.8, 4) is 17.6 Å². The topological polar surface area (TPSA) is 180 Å². The molecule has 70 heavy (non-hydrogen) atoms. The maximum atomic E-state index is 14.6. The number of nitrogens with zero attached hydrogens (tertiary/aromatic N) is 8. The number of nitrogens with one attached hydrogen (secondary N) is 1. The molecule has 2 aliphatic heterocycles. The van der Waals surface area contributed by atoms with Gasteiger partial charge < -0.3 is 38.2 Å². The van der Waals surface area contributed by atoms with E-state index in [2.05, 4.69) is 48.7 Å². The highest BCUT2D eigenvalue weighted by molar-refractivity contribution is 7.44. The van der Waals surface area contributed by atoms with Gasteiger partial charge in [-0.2, -0.15) is 15.2 Å². The predicted molar refractivity (Wildman–Crippen MR) is 266 cm³/mol. The van der Waals surface area contributed by atoms with Crippen molar-refractivity contribution in [3.05, 3.63) is 160 Å². The van der Waals surface area contributed by atoms with Crippen LogP contribution in [0.4, 0.5) is 11.8 Å². The lowest BCUT2D eigenvalue weighted by Gasteiger charge is -2.42. The Morgan fingerprint density at radius 1 is 0.900 bits per heavy atom. The molecule has 8 rings (SSSR count). The molecule has 4 heterocycles. The molecule has 1 unspecified atom stereocenters. The zero-order valence-electron chi connectivity index (χ0n) is 41.0. The summed E-state index contributed by atoms with van der Waals surface area (Å²) in [5.41, 5.74) is 0.0737. The standard InChI is InChI=1S/C52H60N9O8P/c1-34(2)61(35(3)4)70(67-30-16-29-53)69-45-44-48(59-31-36(5)46(56-50(59)63)55-47(62)38-17-12-10-13-18-38)68-51(45,32-60(44)49-54-37(6)58(7)57-49)33-66-52(39-19-14-11-15-20-39,40-21-25-42(64-8)26-22-40)41-23-27-43(65-9)28-24-41/h10-15,17-28,31,34-35,44-45,48H,16,30,32-33H2,1-9H3,(H,55,56,62,63)/t44-,45+,48-,51-,70?/m1/s1. The number of fused-ring (bicyclic) bond motifs is 2. The Labute approximate surface area is 409 Å². The number of ether oxygens (including phenoxy) is 4. The van der Waals surface area contributed by atoms with E-state index in [1.54, 1.807) is 56.3 Å². The Hall–Kier alpha value is -6.51. The van der Waals surface area contributed by atoms with Crippen molar-refractivity contribution in [3.63, 3.8) is 0 Å². The number of amides is 1. The third-order valence-electron chi connectivity index (χ3n) is 12.7. The van der Waals surface area contributed by atoms with E-state index in [0.717, 1.165) is 16.7 Å². The predicted octanol–water partition coefficient (Wildman–Crippen LogP) is 8.08. The zero-order valence-corrected chi connectivity index (χ0v) is 41.9. The minimum absolute atomic E-state index is 0.0311. The molecule has 4 aromatic carbocycles. The fourth-order valence-electron chi connectivity index (χ4n) is 9.33. The average molecular weight is 970 g/mol. The summed E-state index contributed by atoms with van der Waals surface area (Å²) in [6, 6.07) is 35.6. The summed E-state index contributed by atoms with van der Waals surface area (Å²) in [6.07, 6.45) is -0.140. The SMILES string of the molecule is COc1ccc(C(OC[C@@]23CN(c4nc(C)n(C)n4)[C@@H]([C@H](n4cc(C)c(NC(=O)c5ccccc5)nc4=O)O2)[C@@H]3OP(OCCC#N)N(C(C)C)C(C)C)(c2ccccc2)c2ccc(OC)cc2)cc1. The molecule has 0 radical (unpaired) electrons. The van der Waals surface area contributed by atoms with Crippen LogP contribution in [-0.4, -0.2) is 98.7 Å². The molecule has 5 atom stereocenters. The minimum Gasteiger partial charge on any atom is -0.497 e. The molecule has 0 saturated carbocycles. The van der Waals surface area contributed by atoms with E-state index in [-0.39, 0.29) is 44.1 Å². The van der Waals surface area contributed by atoms with Gasteiger partial charge in [0.15, 0.2) is 6.23 Å². The summed E-state index contributed by atoms with van der Waals surface area (Å²) in [6.45, 7) is 12.1. The number of carbonyl (C=O) groups is 1. The molecule has 18 heteroatoms. The number of hydrogen-bond donors (Lipinski definition) is 1. The summed E-state index contributed by atoms with van der Waals surface area (Å²) in [5, 5.41) is 17.3. The Bertz CT molecular complexity index is 2760. The van der Waals surface area contributed by atoms with Crippen LogP contribution in [0.1, 0.15) is 78.8 Å². The number of nitriles is 1. The molecule has 2 aliphatic rings. The highest BCUT2D eigenvalue weighted by atomic mass is 31.2. The van der Waals surface area contributed by atoms with E-state index in [0.29, 0.717) is 34.4 Å². The minimum atomic E-state index is -1.88. The third kappa shape index (κ3) is 9.80. The van der Waals surface area contributed by atoms with Crippen LogP contribution in [-0.2, 0) is 31.2 Å². The van der Waals surface area contributed by atoms with Crippen molar-refractivity contribution < 1.29 is 32.8 Å². The largest absolute Gasteiger partial charge is 0.497 e. The highest BCUT2D eigenvalue weighted by Crippen LogP contribution is 2.57. The van der Waals surface area contributed by atoms with Gasteiger partial charge in [-0.25, -0.2) is 9.46 Å². The Morgan fingerprint density at radius 2 is 1.49 bits per heavy atom. The third-order valence-corrected chi connectivity index (χ3v) is 14.9. The van der Waals surface area contributed by atoms with Gasteiger partial charge in [0, 0.05) is 36.5 Å². The van der Waals surface area contributed by atoms with Gasteiger partial charge in [0.2, 0.25) is 5.95 Å². The molecule has 0 spiro atoms. The first kappa shape index (κ1) is 49.9. The van der Waals surface area contributed by atoms with Crippen LogP contribution in [0.3, 0.4) is 0 Å². The number of morpholine rings is 1. The van der Waals surface area contributed by atoms with Crippen LogP contribution in [0.5, 0.6) is 11.5 Å². The highest BCUT2D eigenvalue weighted by Gasteiger charge is 2.68. The molecule has 2 bridgehead atoms. The molecule has 6 aromatic rings. The normalized spacial score (nSPS) is 19.2. The van der Waals surface area contributed by atoms with Crippen molar-refractivity contribution in [2.45, 2.75) is 89.6 Å². The number of benzene rings is 4. The molecular formula is C52H60N9O8P. The number of anilines is 2. The number of aromatic nitrogens is 5. The smallest absolute Gasteiger partial charge is 0.351 e. The lowest BCUT2D eigenvalue weighted by atomic mass is 9.79. The van der Waals surface area contributed by atoms with E-state index in [4.69, 9.17) is 38.1 Å². The molecular weight excluding hydrogens is 910 g/mol. The van der Waals surface area contributed by atoms with Crippen molar-refractivity contribution in [2.75, 3.05) is 44.2 Å². The molecule has 2 fully saturated rings. The second-order valence-corrected chi connectivity index (χ2v) is 19.3. The number of carbonyl (C=O) groups excluding carboxylic acids is 1. The summed E-state index contributed by atoms with van der Waals surface area (Å²) in [5.74, 6) is 2.13. The van der Waals surface area contributed by atoms with E-state index in [9.17, 15) is 14.9 Å². The first-order valence-corrected chi connectivity index (χ1v) is 24.4. The number of rotatable bonds is 20. The van der Waals surface area contributed by atoms with Gasteiger partial charge in [0.25, 0.3) is 14.4 Å². The van der Waals surface area contributed by atoms with Crippen LogP contribution >= 0.6 is 8.53 Å². The van der Waals surface area contributed by atoms with E-state index in [1.165, 1.54) is 4.57 Å². The maximum absolute atomic E-state index is 14.6. The van der Waals surface area contributed by atoms with Gasteiger partial charge in [-0.15, -0.1) is 5.10 Å². The van der Waals surface area contributed by atoms with Crippen molar-refractivity contribution in [2.24, 2.45) is 7.05 Å². The van der Waals surface area contributed by atoms with E-state index < -0.39 is 49.7 Å². The van der Waals surface area contributed by atoms with Crippen LogP contribution in [0.2, 0.25) is 0 Å². The number of methoxy groups -OCH3 is 2. The number of hydrogen-bond acceptors (Lipinski definition) is 14. The fourth-order valence-corrected chi connectivity index (χ4v) is 11.1. The van der Waals surface area contributed by atoms with Gasteiger partial charge in [-0.05, 0) is 94.6 Å². The molecule has 366 valence electrons. The fraction of sp³-hybridized carbons (Fsp3) is 0.385. The molecule has 17 nitrogen and oxygen atoms in total. The summed E-state index contributed by atoms with van der Waals surface area (Å²) in [4.78, 5) is 39.3. The zero-order chi connectivity index (χ0) is 49.7. The summed E-state index contributed by atoms with van der Waals surface area (Å²) < 4.78 is 45.6. The molecule has 1 N–H and O–H groups in total. The Morgan fingerprint density at radius 3 is 2.03 bits per heavy atom. The van der Waals surface area contributed by atoms with Gasteiger partial charge in [0.05, 0.1) is 46.5 Å². The van der Waals surface area contributed by atoms with Crippen LogP contribution in [0.15, 0.2) is 120 Å². The van der Waals surface area contributed by atoms with Gasteiger partial charge in [-0.3, -0.25) is 14.0 Å². The Balaban J connectivity index is 1.32. The van der Waals surface area contributed by atoms with Crippen molar-refractivity contribution >= 4 is 26.2 Å². The van der Waals surface area contributed by atoms with E-state index >= 15 is 0 Å². The first-order valence-electron chi connectivity index (χ1n) is 23.3. The van der Waals surface area contributed by atoms with Gasteiger partial charge in [-0.1, -0.05) is 72.8 Å². The second-order valence-electron chi connectivity index (χ2n) is 17.9. The lowest BCUT2D eigenvalue weighted by Crippen LogP contribution is -2.52. The van der Waals surface area contributed by atoms with E-state index in [1.807, 2.05) is 104 Å². The molecule has 0 aliphatic carbocycles. The quantitative estimate of drug-likeness (QED) is 0.0441. The molecule has 1 amide bonds. The van der Waals surface area contributed by atoms with Crippen molar-refractivity contribution in [1.82, 2.24) is 29.0 Å². The lowest BCUT2D eigenvalue weighted by molar-refractivity contribution is -0.157. The van der Waals surface area contributed by atoms with Crippen LogP contribution in [0.25, 0.3) is 0 Å². The Kier molecular flexibility index (Phi) is 15.1. The van der Waals surface area contributed by atoms with Crippen molar-refractivity contribution in [1.29, 1.82) is 5.26 Å².